The summed E-state index contributed by atoms with van der Waals surface area (Å²) in [7, 11) is 0. The highest BCUT2D eigenvalue weighted by atomic mass is 35.5. The molecule has 7 heteroatoms. The molecule has 0 radical (unpaired) electrons. The number of nitrogens with zero attached hydrogens (tertiary/aromatic N) is 3. The molecule has 1 aromatic carbocycles. The van der Waals surface area contributed by atoms with E-state index in [-0.39, 0.29) is 5.82 Å². The molecule has 0 bridgehead atoms. The fraction of sp³-hybridized carbons (Fsp3) is 0.294. The monoisotopic (exact) mass is 363 g/mol. The number of thioether (sulfide) groups is 1. The summed E-state index contributed by atoms with van der Waals surface area (Å²) in [5.74, 6) is 2.41. The molecule has 1 saturated carbocycles. The third kappa shape index (κ3) is 3.21. The Labute approximate surface area is 148 Å². The highest BCUT2D eigenvalue weighted by molar-refractivity contribution is 7.98. The van der Waals surface area contributed by atoms with Crippen molar-refractivity contribution in [1.82, 2.24) is 14.8 Å². The van der Waals surface area contributed by atoms with Gasteiger partial charge in [-0.2, -0.15) is 0 Å². The number of aromatic nitrogens is 3. The molecule has 3 aromatic rings. The molecule has 24 heavy (non-hydrogen) atoms. The van der Waals surface area contributed by atoms with Gasteiger partial charge in [-0.1, -0.05) is 29.4 Å². The van der Waals surface area contributed by atoms with Crippen molar-refractivity contribution in [3.8, 4) is 0 Å². The van der Waals surface area contributed by atoms with Gasteiger partial charge in [0.25, 0.3) is 0 Å². The first-order valence-electron chi connectivity index (χ1n) is 7.73. The van der Waals surface area contributed by atoms with Crippen LogP contribution in [0.3, 0.4) is 0 Å². The van der Waals surface area contributed by atoms with Gasteiger partial charge in [-0.05, 0) is 37.1 Å². The van der Waals surface area contributed by atoms with E-state index in [0.29, 0.717) is 28.8 Å². The lowest BCUT2D eigenvalue weighted by molar-refractivity contribution is 0.478. The van der Waals surface area contributed by atoms with Gasteiger partial charge in [0.15, 0.2) is 5.16 Å². The van der Waals surface area contributed by atoms with Crippen LogP contribution in [-0.4, -0.2) is 14.8 Å². The van der Waals surface area contributed by atoms with Crippen LogP contribution in [0, 0.1) is 5.82 Å². The van der Waals surface area contributed by atoms with Crippen molar-refractivity contribution < 1.29 is 8.81 Å². The van der Waals surface area contributed by atoms with E-state index in [1.54, 1.807) is 18.4 Å². The SMILES string of the molecule is Fc1cccc(Cl)c1CSc1nnc(C2CC2)n1Cc1ccco1. The summed E-state index contributed by atoms with van der Waals surface area (Å²) in [5.41, 5.74) is 0.490. The van der Waals surface area contributed by atoms with Crippen LogP contribution in [0.4, 0.5) is 4.39 Å². The first-order chi connectivity index (χ1) is 11.7. The fourth-order valence-electron chi connectivity index (χ4n) is 2.56. The molecule has 2 aromatic heterocycles. The Morgan fingerprint density at radius 2 is 2.12 bits per heavy atom. The molecular weight excluding hydrogens is 349 g/mol. The lowest BCUT2D eigenvalue weighted by Crippen LogP contribution is -2.05. The molecule has 0 atom stereocenters. The van der Waals surface area contributed by atoms with Gasteiger partial charge in [0, 0.05) is 22.3 Å². The molecule has 4 rings (SSSR count). The van der Waals surface area contributed by atoms with E-state index in [1.165, 1.54) is 17.8 Å². The van der Waals surface area contributed by atoms with Crippen LogP contribution >= 0.6 is 23.4 Å². The number of furan rings is 1. The Kier molecular flexibility index (Phi) is 4.33. The average Bonchev–Trinajstić information content (AvgIpc) is 3.13. The van der Waals surface area contributed by atoms with Crippen molar-refractivity contribution in [2.24, 2.45) is 0 Å². The fourth-order valence-corrected chi connectivity index (χ4v) is 3.85. The Balaban J connectivity index is 1.58. The van der Waals surface area contributed by atoms with Crippen LogP contribution in [0.5, 0.6) is 0 Å². The molecule has 1 fully saturated rings. The van der Waals surface area contributed by atoms with E-state index in [1.807, 2.05) is 12.1 Å². The summed E-state index contributed by atoms with van der Waals surface area (Å²) in [6.45, 7) is 0.583. The maximum absolute atomic E-state index is 13.9. The summed E-state index contributed by atoms with van der Waals surface area (Å²) in [6, 6.07) is 8.52. The van der Waals surface area contributed by atoms with Crippen molar-refractivity contribution in [3.63, 3.8) is 0 Å². The molecule has 0 aliphatic heterocycles. The summed E-state index contributed by atoms with van der Waals surface area (Å²) in [4.78, 5) is 0. The zero-order valence-corrected chi connectivity index (χ0v) is 14.4. The minimum absolute atomic E-state index is 0.297. The largest absolute Gasteiger partial charge is 0.467 e. The van der Waals surface area contributed by atoms with Gasteiger partial charge < -0.3 is 4.42 Å². The van der Waals surface area contributed by atoms with E-state index >= 15 is 0 Å². The summed E-state index contributed by atoms with van der Waals surface area (Å²) in [6.07, 6.45) is 3.93. The summed E-state index contributed by atoms with van der Waals surface area (Å²) >= 11 is 7.54. The smallest absolute Gasteiger partial charge is 0.191 e. The van der Waals surface area contributed by atoms with E-state index in [9.17, 15) is 4.39 Å². The quantitative estimate of drug-likeness (QED) is 0.585. The lowest BCUT2D eigenvalue weighted by atomic mass is 10.2. The van der Waals surface area contributed by atoms with Crippen LogP contribution < -0.4 is 0 Å². The first kappa shape index (κ1) is 15.7. The number of rotatable bonds is 6. The molecule has 0 spiro atoms. The molecule has 2 heterocycles. The molecule has 0 amide bonds. The third-order valence-corrected chi connectivity index (χ3v) is 5.34. The highest BCUT2D eigenvalue weighted by Crippen LogP contribution is 2.40. The van der Waals surface area contributed by atoms with Gasteiger partial charge >= 0.3 is 0 Å². The molecule has 1 aliphatic rings. The maximum atomic E-state index is 13.9. The van der Waals surface area contributed by atoms with Crippen molar-refractivity contribution in [1.29, 1.82) is 0 Å². The first-order valence-corrected chi connectivity index (χ1v) is 9.10. The van der Waals surface area contributed by atoms with E-state index in [4.69, 9.17) is 16.0 Å². The number of halogens is 2. The van der Waals surface area contributed by atoms with Gasteiger partial charge in [-0.25, -0.2) is 4.39 Å². The third-order valence-electron chi connectivity index (χ3n) is 3.99. The number of benzene rings is 1. The lowest BCUT2D eigenvalue weighted by Gasteiger charge is -2.09. The standard InChI is InChI=1S/C17H15ClFN3OS/c18-14-4-1-5-15(19)13(14)10-24-17-21-20-16(11-6-7-11)22(17)9-12-3-2-8-23-12/h1-5,8,11H,6-7,9-10H2. The van der Waals surface area contributed by atoms with Crippen molar-refractivity contribution in [2.75, 3.05) is 0 Å². The topological polar surface area (TPSA) is 43.9 Å². The van der Waals surface area contributed by atoms with Crippen LogP contribution in [-0.2, 0) is 12.3 Å². The zero-order valence-electron chi connectivity index (χ0n) is 12.8. The van der Waals surface area contributed by atoms with Crippen LogP contribution in [0.1, 0.15) is 35.9 Å². The Hall–Kier alpha value is -1.79. The molecule has 0 unspecified atom stereocenters. The molecule has 0 saturated heterocycles. The Morgan fingerprint density at radius 1 is 1.25 bits per heavy atom. The highest BCUT2D eigenvalue weighted by Gasteiger charge is 2.30. The average molecular weight is 364 g/mol. The predicted molar refractivity (Wildman–Crippen MR) is 90.8 cm³/mol. The Morgan fingerprint density at radius 3 is 2.83 bits per heavy atom. The van der Waals surface area contributed by atoms with E-state index in [0.717, 1.165) is 29.6 Å². The second kappa shape index (κ2) is 6.61. The van der Waals surface area contributed by atoms with Crippen molar-refractivity contribution in [2.45, 2.75) is 36.2 Å². The second-order valence-corrected chi connectivity index (χ2v) is 7.12. The molecular formula is C17H15ClFN3OS. The van der Waals surface area contributed by atoms with Gasteiger partial charge in [0.05, 0.1) is 12.8 Å². The van der Waals surface area contributed by atoms with Gasteiger partial charge in [-0.15, -0.1) is 10.2 Å². The summed E-state index contributed by atoms with van der Waals surface area (Å²) < 4.78 is 21.5. The van der Waals surface area contributed by atoms with Crippen LogP contribution in [0.25, 0.3) is 0 Å². The predicted octanol–water partition coefficient (Wildman–Crippen LogP) is 4.88. The van der Waals surface area contributed by atoms with Crippen LogP contribution in [0.2, 0.25) is 5.02 Å². The van der Waals surface area contributed by atoms with Gasteiger partial charge in [-0.3, -0.25) is 4.57 Å². The zero-order chi connectivity index (χ0) is 16.5. The summed E-state index contributed by atoms with van der Waals surface area (Å²) in [5, 5.41) is 9.83. The molecule has 1 aliphatic carbocycles. The minimum Gasteiger partial charge on any atom is -0.467 e. The number of hydrogen-bond donors (Lipinski definition) is 0. The van der Waals surface area contributed by atoms with Crippen molar-refractivity contribution in [3.05, 3.63) is 64.6 Å². The Bertz CT molecular complexity index is 825. The number of hydrogen-bond acceptors (Lipinski definition) is 4. The molecule has 124 valence electrons. The van der Waals surface area contributed by atoms with E-state index in [2.05, 4.69) is 14.8 Å². The van der Waals surface area contributed by atoms with E-state index < -0.39 is 0 Å². The van der Waals surface area contributed by atoms with Crippen molar-refractivity contribution >= 4 is 23.4 Å². The van der Waals surface area contributed by atoms with Gasteiger partial charge in [0.2, 0.25) is 0 Å². The van der Waals surface area contributed by atoms with Gasteiger partial charge in [0.1, 0.15) is 17.4 Å². The minimum atomic E-state index is -0.297. The normalized spacial score (nSPS) is 14.2. The van der Waals surface area contributed by atoms with Crippen LogP contribution in [0.15, 0.2) is 46.2 Å². The second-order valence-electron chi connectivity index (χ2n) is 5.77. The molecule has 0 N–H and O–H groups in total. The maximum Gasteiger partial charge on any atom is 0.191 e. The molecule has 4 nitrogen and oxygen atoms in total.